The summed E-state index contributed by atoms with van der Waals surface area (Å²) in [4.78, 5) is 22.1. The van der Waals surface area contributed by atoms with E-state index >= 15 is 0 Å². The van der Waals surface area contributed by atoms with Crippen LogP contribution in [0.1, 0.15) is 10.5 Å². The normalized spacial score (nSPS) is 20.0. The second-order valence-electron chi connectivity index (χ2n) is 6.94. The van der Waals surface area contributed by atoms with E-state index < -0.39 is 6.10 Å². The number of benzene rings is 1. The Labute approximate surface area is 161 Å². The fourth-order valence-electron chi connectivity index (χ4n) is 3.46. The van der Waals surface area contributed by atoms with Crippen molar-refractivity contribution in [3.8, 4) is 17.0 Å². The minimum atomic E-state index is -0.534. The quantitative estimate of drug-likeness (QED) is 0.741. The summed E-state index contributed by atoms with van der Waals surface area (Å²) in [6.45, 7) is 0.859. The van der Waals surface area contributed by atoms with Crippen LogP contribution in [0, 0.1) is 0 Å². The van der Waals surface area contributed by atoms with Crippen molar-refractivity contribution in [3.63, 3.8) is 0 Å². The minimum Gasteiger partial charge on any atom is -0.497 e. The van der Waals surface area contributed by atoms with Crippen LogP contribution in [0.4, 0.5) is 0 Å². The number of thiazole rings is 1. The number of hydrogen-bond donors (Lipinski definition) is 1. The molecule has 3 heterocycles. The Morgan fingerprint density at radius 2 is 2.19 bits per heavy atom. The number of hydrogen-bond acceptors (Lipinski definition) is 6. The van der Waals surface area contributed by atoms with Crippen LogP contribution in [0.3, 0.4) is 0 Å². The van der Waals surface area contributed by atoms with E-state index in [1.54, 1.807) is 12.0 Å². The highest BCUT2D eigenvalue weighted by molar-refractivity contribution is 7.15. The van der Waals surface area contributed by atoms with Gasteiger partial charge in [0.25, 0.3) is 5.91 Å². The molecule has 142 valence electrons. The largest absolute Gasteiger partial charge is 0.497 e. The molecule has 2 atom stereocenters. The van der Waals surface area contributed by atoms with Crippen LogP contribution in [-0.4, -0.2) is 76.6 Å². The molecule has 0 radical (unpaired) electrons. The van der Waals surface area contributed by atoms with Gasteiger partial charge in [0, 0.05) is 30.2 Å². The molecule has 27 heavy (non-hydrogen) atoms. The molecule has 1 saturated heterocycles. The number of imidazole rings is 1. The molecule has 1 aliphatic rings. The molecule has 0 spiro atoms. The van der Waals surface area contributed by atoms with E-state index in [0.717, 1.165) is 22.0 Å². The number of amides is 1. The maximum Gasteiger partial charge on any atom is 0.271 e. The molecule has 1 N–H and O–H groups in total. The Morgan fingerprint density at radius 1 is 1.37 bits per heavy atom. The molecule has 4 rings (SSSR count). The molecular weight excluding hydrogens is 364 g/mol. The highest BCUT2D eigenvalue weighted by Gasteiger charge is 2.36. The number of likely N-dealkylation sites (tertiary alicyclic amines) is 1. The number of β-amino-alcohol motifs (C(OH)–C–C–N with tert-alkyl or cyclic N) is 1. The SMILES string of the molecule is COc1cccc(-c2cn3c(C(=O)N4C[C@H](O)[C@@H](N(C)C)C4)csc3n2)c1. The van der Waals surface area contributed by atoms with Crippen LogP contribution in [0.5, 0.6) is 5.75 Å². The summed E-state index contributed by atoms with van der Waals surface area (Å²) >= 11 is 1.43. The minimum absolute atomic E-state index is 0.0433. The number of fused-ring (bicyclic) bond motifs is 1. The lowest BCUT2D eigenvalue weighted by atomic mass is 10.1. The van der Waals surface area contributed by atoms with Crippen molar-refractivity contribution < 1.29 is 14.6 Å². The van der Waals surface area contributed by atoms with Crippen LogP contribution in [-0.2, 0) is 0 Å². The van der Waals surface area contributed by atoms with Crippen molar-refractivity contribution in [2.24, 2.45) is 0 Å². The Bertz CT molecular complexity index is 980. The molecule has 1 aromatic carbocycles. The van der Waals surface area contributed by atoms with E-state index in [1.165, 1.54) is 11.3 Å². The third-order valence-electron chi connectivity index (χ3n) is 5.00. The third kappa shape index (κ3) is 3.20. The Morgan fingerprint density at radius 3 is 2.89 bits per heavy atom. The van der Waals surface area contributed by atoms with Crippen molar-refractivity contribution in [1.29, 1.82) is 0 Å². The second-order valence-corrected chi connectivity index (χ2v) is 7.78. The van der Waals surface area contributed by atoms with E-state index in [2.05, 4.69) is 4.98 Å². The highest BCUT2D eigenvalue weighted by atomic mass is 32.1. The topological polar surface area (TPSA) is 70.3 Å². The molecule has 0 aliphatic carbocycles. The molecule has 1 amide bonds. The molecule has 7 nitrogen and oxygen atoms in total. The predicted octanol–water partition coefficient (Wildman–Crippen LogP) is 1.82. The van der Waals surface area contributed by atoms with Gasteiger partial charge in [0.05, 0.1) is 24.9 Å². The molecule has 0 saturated carbocycles. The van der Waals surface area contributed by atoms with Gasteiger partial charge in [-0.15, -0.1) is 11.3 Å². The number of aliphatic hydroxyl groups is 1. The fourth-order valence-corrected chi connectivity index (χ4v) is 4.31. The number of likely N-dealkylation sites (N-methyl/N-ethyl adjacent to an activating group) is 1. The van der Waals surface area contributed by atoms with Crippen molar-refractivity contribution in [2.45, 2.75) is 12.1 Å². The van der Waals surface area contributed by atoms with Crippen LogP contribution < -0.4 is 4.74 Å². The number of rotatable bonds is 4. The zero-order valence-corrected chi connectivity index (χ0v) is 16.3. The van der Waals surface area contributed by atoms with Crippen LogP contribution in [0.2, 0.25) is 0 Å². The molecule has 0 unspecified atom stereocenters. The number of nitrogens with zero attached hydrogens (tertiary/aromatic N) is 4. The number of aromatic nitrogens is 2. The number of carbonyl (C=O) groups is 1. The van der Waals surface area contributed by atoms with E-state index in [-0.39, 0.29) is 11.9 Å². The molecule has 3 aromatic rings. The summed E-state index contributed by atoms with van der Waals surface area (Å²) in [5.74, 6) is 0.681. The molecule has 8 heteroatoms. The van der Waals surface area contributed by atoms with Gasteiger partial charge in [-0.3, -0.25) is 9.20 Å². The highest BCUT2D eigenvalue weighted by Crippen LogP contribution is 2.27. The van der Waals surface area contributed by atoms with Gasteiger partial charge in [0.1, 0.15) is 11.4 Å². The molecule has 1 aliphatic heterocycles. The van der Waals surface area contributed by atoms with Crippen LogP contribution >= 0.6 is 11.3 Å². The van der Waals surface area contributed by atoms with Gasteiger partial charge >= 0.3 is 0 Å². The first-order chi connectivity index (χ1) is 13.0. The number of carbonyl (C=O) groups excluding carboxylic acids is 1. The fraction of sp³-hybridized carbons (Fsp3) is 0.368. The van der Waals surface area contributed by atoms with Gasteiger partial charge < -0.3 is 19.6 Å². The summed E-state index contributed by atoms with van der Waals surface area (Å²) < 4.78 is 7.11. The number of methoxy groups -OCH3 is 1. The van der Waals surface area contributed by atoms with Gasteiger partial charge in [0.2, 0.25) is 0 Å². The molecule has 2 aromatic heterocycles. The van der Waals surface area contributed by atoms with Crippen LogP contribution in [0.15, 0.2) is 35.8 Å². The van der Waals surface area contributed by atoms with Crippen molar-refractivity contribution >= 4 is 22.2 Å². The Balaban J connectivity index is 1.63. The summed E-state index contributed by atoms with van der Waals surface area (Å²) in [5.41, 5.74) is 2.30. The molecule has 0 bridgehead atoms. The third-order valence-corrected chi connectivity index (χ3v) is 5.84. The Kier molecular flexibility index (Phi) is 4.63. The average Bonchev–Trinajstić information content (AvgIpc) is 3.34. The van der Waals surface area contributed by atoms with Gasteiger partial charge in [0.15, 0.2) is 4.96 Å². The lowest BCUT2D eigenvalue weighted by Crippen LogP contribution is -2.38. The first-order valence-electron chi connectivity index (χ1n) is 8.72. The van der Waals surface area contributed by atoms with E-state index in [0.29, 0.717) is 18.8 Å². The summed E-state index contributed by atoms with van der Waals surface area (Å²) in [6, 6.07) is 7.65. The number of aliphatic hydroxyl groups excluding tert-OH is 1. The van der Waals surface area contributed by atoms with Gasteiger partial charge in [-0.1, -0.05) is 12.1 Å². The Hall–Kier alpha value is -2.42. The average molecular weight is 386 g/mol. The van der Waals surface area contributed by atoms with E-state index in [4.69, 9.17) is 4.74 Å². The summed E-state index contributed by atoms with van der Waals surface area (Å²) in [5, 5.41) is 12.1. The standard InChI is InChI=1S/C19H22N4O3S/c1-21(2)15-9-22(10-17(15)24)18(25)16-11-27-19-20-14(8-23(16)19)12-5-4-6-13(7-12)26-3/h4-8,11,15,17,24H,9-10H2,1-3H3/t15-,17-/m0/s1. The van der Waals surface area contributed by atoms with E-state index in [9.17, 15) is 9.90 Å². The van der Waals surface area contributed by atoms with Crippen molar-refractivity contribution in [2.75, 3.05) is 34.3 Å². The van der Waals surface area contributed by atoms with Crippen molar-refractivity contribution in [3.05, 3.63) is 41.5 Å². The van der Waals surface area contributed by atoms with Gasteiger partial charge in [-0.25, -0.2) is 4.98 Å². The van der Waals surface area contributed by atoms with Gasteiger partial charge in [-0.05, 0) is 26.2 Å². The number of ether oxygens (including phenoxy) is 1. The lowest BCUT2D eigenvalue weighted by molar-refractivity contribution is 0.0757. The zero-order chi connectivity index (χ0) is 19.1. The maximum atomic E-state index is 13.0. The first kappa shape index (κ1) is 18.0. The summed E-state index contributed by atoms with van der Waals surface area (Å²) in [7, 11) is 5.47. The lowest BCUT2D eigenvalue weighted by Gasteiger charge is -2.21. The zero-order valence-electron chi connectivity index (χ0n) is 15.5. The van der Waals surface area contributed by atoms with Crippen LogP contribution in [0.25, 0.3) is 16.2 Å². The predicted molar refractivity (Wildman–Crippen MR) is 104 cm³/mol. The monoisotopic (exact) mass is 386 g/mol. The first-order valence-corrected chi connectivity index (χ1v) is 9.60. The second kappa shape index (κ2) is 6.95. The van der Waals surface area contributed by atoms with Gasteiger partial charge in [-0.2, -0.15) is 0 Å². The smallest absolute Gasteiger partial charge is 0.271 e. The molecular formula is C19H22N4O3S. The maximum absolute atomic E-state index is 13.0. The summed E-state index contributed by atoms with van der Waals surface area (Å²) in [6.07, 6.45) is 1.34. The van der Waals surface area contributed by atoms with E-state index in [1.807, 2.05) is 59.2 Å². The van der Waals surface area contributed by atoms with Crippen molar-refractivity contribution in [1.82, 2.24) is 19.2 Å². The molecule has 1 fully saturated rings.